The Bertz CT molecular complexity index is 1140. The number of aliphatic hydroxyl groups excluding tert-OH is 1. The smallest absolute Gasteiger partial charge is 0.322 e. The zero-order chi connectivity index (χ0) is 24.2. The summed E-state index contributed by atoms with van der Waals surface area (Å²) in [7, 11) is -8.53. The van der Waals surface area contributed by atoms with Crippen molar-refractivity contribution in [3.8, 4) is 0 Å². The first kappa shape index (κ1) is 23.3. The van der Waals surface area contributed by atoms with Crippen LogP contribution >= 0.6 is 10.2 Å². The van der Waals surface area contributed by atoms with Crippen LogP contribution in [0.15, 0.2) is 29.2 Å². The number of rotatable bonds is 3. The molecular weight excluding hydrogens is 477 g/mol. The number of aromatic nitrogens is 2. The summed E-state index contributed by atoms with van der Waals surface area (Å²) < 4.78 is 66.8. The minimum atomic E-state index is -9.90. The van der Waals surface area contributed by atoms with E-state index in [2.05, 4.69) is 10.4 Å². The molecule has 1 atom stereocenters. The van der Waals surface area contributed by atoms with E-state index in [1.54, 1.807) is 0 Å². The fourth-order valence-electron chi connectivity index (χ4n) is 3.73. The Morgan fingerprint density at radius 2 is 2.03 bits per heavy atom. The lowest BCUT2D eigenvalue weighted by molar-refractivity contribution is -0.159. The van der Waals surface area contributed by atoms with Gasteiger partial charge in [0, 0.05) is 31.3 Å². The molecule has 15 heteroatoms. The molecule has 33 heavy (non-hydrogen) atoms. The minimum Gasteiger partial charge on any atom is -0.393 e. The van der Waals surface area contributed by atoms with Crippen LogP contribution in [0, 0.1) is 0 Å². The highest BCUT2D eigenvalue weighted by Gasteiger charge is 2.65. The maximum Gasteiger partial charge on any atom is 0.322 e. The van der Waals surface area contributed by atoms with Gasteiger partial charge in [0.2, 0.25) is 0 Å². The first-order chi connectivity index (χ1) is 15.2. The van der Waals surface area contributed by atoms with Gasteiger partial charge in [0.1, 0.15) is 16.7 Å². The zero-order valence-electron chi connectivity index (χ0n) is 17.2. The van der Waals surface area contributed by atoms with Crippen molar-refractivity contribution < 1.29 is 39.0 Å². The number of fused-ring (bicyclic) bond motifs is 3. The standard InChI is InChI=1S/C18H20F5N5O4S/c1-26-17(30)16-14-9-27(6-5-15(14)25-28(16)8-12(10-29)32-26)18(31)24-11-3-2-4-13(7-11)33(19,20,21,22)23/h2-4,7,12,29H,5-6,8-10H2,1H3,(H,24,31). The monoisotopic (exact) mass is 497 g/mol. The van der Waals surface area contributed by atoms with Gasteiger partial charge in [-0.05, 0) is 18.2 Å². The van der Waals surface area contributed by atoms with Crippen molar-refractivity contribution in [1.82, 2.24) is 19.7 Å². The minimum absolute atomic E-state index is 0.0822. The van der Waals surface area contributed by atoms with E-state index >= 15 is 0 Å². The average molecular weight is 497 g/mol. The summed E-state index contributed by atoms with van der Waals surface area (Å²) in [5.74, 6) is -0.537. The van der Waals surface area contributed by atoms with Crippen molar-refractivity contribution in [2.75, 3.05) is 25.5 Å². The third kappa shape index (κ3) is 4.60. The number of carbonyl (C=O) groups excluding carboxylic acids is 2. The van der Waals surface area contributed by atoms with Gasteiger partial charge in [0.05, 0.1) is 25.4 Å². The lowest BCUT2D eigenvalue weighted by Crippen LogP contribution is -2.39. The number of halogens is 5. The summed E-state index contributed by atoms with van der Waals surface area (Å²) in [6, 6.07) is 1.46. The third-order valence-electron chi connectivity index (χ3n) is 5.30. The van der Waals surface area contributed by atoms with E-state index in [9.17, 15) is 34.1 Å². The van der Waals surface area contributed by atoms with Gasteiger partial charge in [-0.15, -0.1) is 0 Å². The van der Waals surface area contributed by atoms with Gasteiger partial charge in [-0.1, -0.05) is 25.5 Å². The number of amides is 3. The second-order valence-corrected chi connectivity index (χ2v) is 10.2. The van der Waals surface area contributed by atoms with E-state index in [1.165, 1.54) is 16.6 Å². The number of aliphatic hydroxyl groups is 1. The Morgan fingerprint density at radius 3 is 2.70 bits per heavy atom. The Kier molecular flexibility index (Phi) is 4.96. The molecular formula is C18H20F5N5O4S. The highest BCUT2D eigenvalue weighted by Crippen LogP contribution is 3.02. The van der Waals surface area contributed by atoms with E-state index in [1.807, 2.05) is 0 Å². The molecule has 2 aromatic rings. The molecule has 0 bridgehead atoms. The van der Waals surface area contributed by atoms with Crippen LogP contribution in [0.2, 0.25) is 0 Å². The quantitative estimate of drug-likeness (QED) is 0.633. The van der Waals surface area contributed by atoms with Crippen LogP contribution in [0.1, 0.15) is 21.7 Å². The number of hydrogen-bond acceptors (Lipinski definition) is 5. The summed E-state index contributed by atoms with van der Waals surface area (Å²) in [6.07, 6.45) is -0.446. The average Bonchev–Trinajstić information content (AvgIpc) is 3.02. The maximum absolute atomic E-state index is 13.1. The number of hydrogen-bond donors (Lipinski definition) is 2. The molecule has 2 aliphatic heterocycles. The van der Waals surface area contributed by atoms with Crippen LogP contribution in [0.3, 0.4) is 0 Å². The first-order valence-corrected chi connectivity index (χ1v) is 11.7. The highest BCUT2D eigenvalue weighted by molar-refractivity contribution is 8.45. The molecule has 0 spiro atoms. The molecule has 2 aliphatic rings. The van der Waals surface area contributed by atoms with Crippen molar-refractivity contribution in [3.63, 3.8) is 0 Å². The summed E-state index contributed by atoms with van der Waals surface area (Å²) in [5.41, 5.74) is 0.734. The number of carbonyl (C=O) groups is 2. The third-order valence-corrected chi connectivity index (χ3v) is 6.44. The zero-order valence-corrected chi connectivity index (χ0v) is 18.0. The molecule has 1 unspecified atom stereocenters. The van der Waals surface area contributed by atoms with Crippen LogP contribution in [0.4, 0.5) is 29.9 Å². The van der Waals surface area contributed by atoms with Gasteiger partial charge in [-0.3, -0.25) is 14.3 Å². The molecule has 182 valence electrons. The van der Waals surface area contributed by atoms with Gasteiger partial charge in [-0.25, -0.2) is 9.86 Å². The number of nitrogens with one attached hydrogen (secondary N) is 1. The Morgan fingerprint density at radius 1 is 1.30 bits per heavy atom. The van der Waals surface area contributed by atoms with Gasteiger partial charge >= 0.3 is 16.3 Å². The van der Waals surface area contributed by atoms with Crippen LogP contribution in [-0.2, 0) is 24.3 Å². The molecule has 0 fully saturated rings. The van der Waals surface area contributed by atoms with Crippen LogP contribution < -0.4 is 5.32 Å². The predicted molar refractivity (Wildman–Crippen MR) is 107 cm³/mol. The number of urea groups is 1. The summed E-state index contributed by atoms with van der Waals surface area (Å²) in [4.78, 5) is 29.9. The molecule has 0 saturated heterocycles. The van der Waals surface area contributed by atoms with E-state index < -0.39 is 38.8 Å². The fraction of sp³-hybridized carbons (Fsp3) is 0.389. The molecule has 0 aliphatic carbocycles. The van der Waals surface area contributed by atoms with Crippen molar-refractivity contribution in [3.05, 3.63) is 41.2 Å². The summed E-state index contributed by atoms with van der Waals surface area (Å²) in [5, 5.41) is 17.0. The topological polar surface area (TPSA) is 99.9 Å². The number of anilines is 1. The van der Waals surface area contributed by atoms with Crippen LogP contribution in [0.25, 0.3) is 0 Å². The van der Waals surface area contributed by atoms with Crippen LogP contribution in [-0.4, -0.2) is 63.1 Å². The maximum atomic E-state index is 13.1. The Hall–Kier alpha value is -2.91. The molecule has 0 saturated carbocycles. The Labute approximate surface area is 184 Å². The molecule has 3 amide bonds. The Balaban J connectivity index is 1.57. The molecule has 3 heterocycles. The highest BCUT2D eigenvalue weighted by atomic mass is 32.5. The lowest BCUT2D eigenvalue weighted by atomic mass is 10.1. The first-order valence-electron chi connectivity index (χ1n) is 9.70. The normalized spacial score (nSPS) is 20.9. The van der Waals surface area contributed by atoms with Crippen LogP contribution in [0.5, 0.6) is 0 Å². The van der Waals surface area contributed by atoms with E-state index in [4.69, 9.17) is 4.84 Å². The molecule has 9 nitrogen and oxygen atoms in total. The second-order valence-electron chi connectivity index (χ2n) is 7.77. The number of hydroxylamine groups is 2. The van der Waals surface area contributed by atoms with Gasteiger partial charge in [-0.2, -0.15) is 5.10 Å². The largest absolute Gasteiger partial charge is 0.393 e. The van der Waals surface area contributed by atoms with E-state index in [0.717, 1.165) is 17.2 Å². The van der Waals surface area contributed by atoms with Crippen molar-refractivity contribution in [1.29, 1.82) is 0 Å². The predicted octanol–water partition coefficient (Wildman–Crippen LogP) is 3.51. The summed E-state index contributed by atoms with van der Waals surface area (Å²) >= 11 is 0. The SMILES string of the molecule is CN1OC(CO)Cn2nc3c(c2C1=O)CN(C(=O)Nc1cccc(S(F)(F)(F)(F)F)c1)CC3. The summed E-state index contributed by atoms with van der Waals surface area (Å²) in [6.45, 7) is -0.196. The number of benzene rings is 1. The second kappa shape index (κ2) is 7.04. The molecule has 1 aromatic heterocycles. The van der Waals surface area contributed by atoms with Gasteiger partial charge in [0.15, 0.2) is 0 Å². The van der Waals surface area contributed by atoms with Gasteiger partial charge in [0.25, 0.3) is 5.91 Å². The van der Waals surface area contributed by atoms with E-state index in [0.29, 0.717) is 11.3 Å². The molecule has 2 N–H and O–H groups in total. The van der Waals surface area contributed by atoms with E-state index in [-0.39, 0.29) is 50.5 Å². The lowest BCUT2D eigenvalue weighted by Gasteiger charge is -2.40. The number of nitrogens with zero attached hydrogens (tertiary/aromatic N) is 4. The molecule has 0 radical (unpaired) electrons. The van der Waals surface area contributed by atoms with Crippen molar-refractivity contribution in [2.45, 2.75) is 30.5 Å². The van der Waals surface area contributed by atoms with Crippen molar-refractivity contribution >= 4 is 27.8 Å². The van der Waals surface area contributed by atoms with Gasteiger partial charge < -0.3 is 15.3 Å². The fourth-order valence-corrected chi connectivity index (χ4v) is 4.41. The molecule has 1 aromatic carbocycles. The molecule has 4 rings (SSSR count). The van der Waals surface area contributed by atoms with Crippen molar-refractivity contribution in [2.24, 2.45) is 0 Å².